The summed E-state index contributed by atoms with van der Waals surface area (Å²) < 4.78 is 2.75. The van der Waals surface area contributed by atoms with Gasteiger partial charge in [-0.05, 0) is 51.4 Å². The summed E-state index contributed by atoms with van der Waals surface area (Å²) in [6, 6.07) is 6.46. The molecule has 0 N–H and O–H groups in total. The number of nitrogens with zero attached hydrogens (tertiary/aromatic N) is 10. The van der Waals surface area contributed by atoms with Gasteiger partial charge >= 0.3 is 0 Å². The van der Waals surface area contributed by atoms with Crippen LogP contribution in [-0.2, 0) is 0 Å². The van der Waals surface area contributed by atoms with Gasteiger partial charge in [-0.1, -0.05) is 79.8 Å². The lowest BCUT2D eigenvalue weighted by Crippen LogP contribution is -2.50. The first-order valence-electron chi connectivity index (χ1n) is 16.3. The van der Waals surface area contributed by atoms with Gasteiger partial charge in [-0.25, -0.2) is 9.97 Å². The Bertz CT molecular complexity index is 963. The SMILES string of the molecule is CCC[N+](CCC)(CCC)CCC.CCC[N+](CCC)(CCC)CCC.N#Cc1nc(C#N)c(C#N)nc1C#N.[N-]=C=S.[N-]=C=S. The fourth-order valence-corrected chi connectivity index (χ4v) is 5.88. The van der Waals surface area contributed by atoms with Gasteiger partial charge in [0.2, 0.25) is 0 Å². The summed E-state index contributed by atoms with van der Waals surface area (Å²) in [5.74, 6) is 0. The fraction of sp³-hybridized carbons (Fsp3) is 0.706. The van der Waals surface area contributed by atoms with E-state index in [-0.39, 0.29) is 22.8 Å². The van der Waals surface area contributed by atoms with Crippen LogP contribution >= 0.6 is 24.4 Å². The molecule has 0 amide bonds. The molecule has 46 heavy (non-hydrogen) atoms. The van der Waals surface area contributed by atoms with E-state index in [4.69, 9.17) is 31.9 Å². The van der Waals surface area contributed by atoms with E-state index in [0.29, 0.717) is 0 Å². The van der Waals surface area contributed by atoms with Crippen molar-refractivity contribution in [1.29, 1.82) is 21.0 Å². The van der Waals surface area contributed by atoms with Crippen molar-refractivity contribution >= 4 is 34.8 Å². The number of hydrogen-bond acceptors (Lipinski definition) is 8. The van der Waals surface area contributed by atoms with E-state index >= 15 is 0 Å². The van der Waals surface area contributed by atoms with E-state index in [9.17, 15) is 0 Å². The molecule has 0 aromatic carbocycles. The molecule has 1 aromatic rings. The van der Waals surface area contributed by atoms with Gasteiger partial charge in [0.1, 0.15) is 24.3 Å². The quantitative estimate of drug-likeness (QED) is 0.0966. The van der Waals surface area contributed by atoms with E-state index < -0.39 is 0 Å². The molecule has 0 atom stereocenters. The van der Waals surface area contributed by atoms with Crippen LogP contribution in [0.25, 0.3) is 10.8 Å². The van der Waals surface area contributed by atoms with Gasteiger partial charge in [0.25, 0.3) is 0 Å². The summed E-state index contributed by atoms with van der Waals surface area (Å²) in [7, 11) is 0. The Morgan fingerprint density at radius 1 is 0.435 bits per heavy atom. The summed E-state index contributed by atoms with van der Waals surface area (Å²) in [4.78, 5) is 7.04. The Kier molecular flexibility index (Phi) is 37.0. The maximum Gasteiger partial charge on any atom is 0.178 e. The summed E-state index contributed by atoms with van der Waals surface area (Å²) >= 11 is 7.40. The highest BCUT2D eigenvalue weighted by atomic mass is 32.1. The van der Waals surface area contributed by atoms with Crippen molar-refractivity contribution in [3.05, 3.63) is 33.6 Å². The molecular weight excluding hydrogens is 613 g/mol. The molecule has 1 rings (SSSR count). The number of rotatable bonds is 16. The number of quaternary nitrogens is 2. The molecule has 0 unspecified atom stereocenters. The Morgan fingerprint density at radius 3 is 0.652 bits per heavy atom. The zero-order valence-corrected chi connectivity index (χ0v) is 31.2. The molecule has 0 fully saturated rings. The third kappa shape index (κ3) is 23.0. The second-order valence-electron chi connectivity index (χ2n) is 10.7. The molecule has 0 aliphatic heterocycles. The minimum atomic E-state index is -0.247. The molecule has 0 radical (unpaired) electrons. The highest BCUT2D eigenvalue weighted by molar-refractivity contribution is 7.78. The summed E-state index contributed by atoms with van der Waals surface area (Å²) in [5, 5.41) is 51.1. The van der Waals surface area contributed by atoms with Crippen LogP contribution in [0.5, 0.6) is 0 Å². The molecule has 12 heteroatoms. The van der Waals surface area contributed by atoms with Gasteiger partial charge < -0.3 is 19.8 Å². The first kappa shape index (κ1) is 49.4. The lowest BCUT2D eigenvalue weighted by atomic mass is 10.2. The van der Waals surface area contributed by atoms with Crippen molar-refractivity contribution in [2.75, 3.05) is 52.4 Å². The maximum absolute atomic E-state index is 8.54. The van der Waals surface area contributed by atoms with Crippen molar-refractivity contribution < 1.29 is 8.97 Å². The standard InChI is InChI=1S/2C12H28N.C8N6.2CNS/c2*1-5-9-13(10-6-2,11-7-3)12-8-4;9-1-5-6(2-10)14-8(4-12)7(3-11)13-5;2*2-1-3/h2*5-12H2,1-4H3;;;/q2*+1;;2*-1. The fourth-order valence-electron chi connectivity index (χ4n) is 5.88. The van der Waals surface area contributed by atoms with Crippen LogP contribution in [0.3, 0.4) is 0 Å². The van der Waals surface area contributed by atoms with Crippen LogP contribution in [0.1, 0.15) is 130 Å². The van der Waals surface area contributed by atoms with E-state index in [2.05, 4.69) is 89.8 Å². The van der Waals surface area contributed by atoms with Gasteiger partial charge in [-0.2, -0.15) is 31.4 Å². The predicted molar refractivity (Wildman–Crippen MR) is 195 cm³/mol. The molecule has 0 saturated heterocycles. The number of nitriles is 4. The zero-order valence-electron chi connectivity index (χ0n) is 29.6. The van der Waals surface area contributed by atoms with E-state index in [1.807, 2.05) is 0 Å². The number of aromatic nitrogens is 2. The molecule has 254 valence electrons. The molecule has 0 aliphatic carbocycles. The Hall–Kier alpha value is -3.44. The highest BCUT2D eigenvalue weighted by Crippen LogP contribution is 2.13. The Labute approximate surface area is 290 Å². The Balaban J connectivity index is -0.000000264. The molecule has 1 heterocycles. The van der Waals surface area contributed by atoms with Crippen LogP contribution in [0.4, 0.5) is 0 Å². The molecule has 0 saturated carbocycles. The van der Waals surface area contributed by atoms with Crippen LogP contribution in [0.2, 0.25) is 0 Å². The lowest BCUT2D eigenvalue weighted by molar-refractivity contribution is -0.928. The first-order chi connectivity index (χ1) is 22.1. The van der Waals surface area contributed by atoms with E-state index in [1.165, 1.54) is 123 Å². The largest absolute Gasteiger partial charge is 0.753 e. The van der Waals surface area contributed by atoms with Crippen LogP contribution in [-0.4, -0.2) is 81.6 Å². The van der Waals surface area contributed by atoms with Crippen molar-refractivity contribution in [3.63, 3.8) is 0 Å². The number of thiocarbonyl (C=S) groups is 2. The van der Waals surface area contributed by atoms with Crippen LogP contribution < -0.4 is 0 Å². The number of isothiocyanates is 2. The third-order valence-electron chi connectivity index (χ3n) is 6.90. The first-order valence-corrected chi connectivity index (χ1v) is 17.1. The second-order valence-corrected chi connectivity index (χ2v) is 11.1. The minimum Gasteiger partial charge on any atom is -0.753 e. The molecule has 0 spiro atoms. The van der Waals surface area contributed by atoms with E-state index in [1.54, 1.807) is 24.3 Å². The van der Waals surface area contributed by atoms with Gasteiger partial charge in [0, 0.05) is 0 Å². The van der Waals surface area contributed by atoms with Crippen molar-refractivity contribution in [1.82, 2.24) is 9.97 Å². The predicted octanol–water partition coefficient (Wildman–Crippen LogP) is 8.17. The van der Waals surface area contributed by atoms with Crippen LogP contribution in [0.15, 0.2) is 0 Å². The summed E-state index contributed by atoms with van der Waals surface area (Å²) in [6.45, 7) is 29.6. The molecule has 1 aromatic heterocycles. The lowest BCUT2D eigenvalue weighted by Gasteiger charge is -2.38. The monoisotopic (exact) mass is 668 g/mol. The van der Waals surface area contributed by atoms with Gasteiger partial charge in [0.15, 0.2) is 22.8 Å². The van der Waals surface area contributed by atoms with Crippen LogP contribution in [0, 0.1) is 45.3 Å². The number of hydrogen-bond donors (Lipinski definition) is 0. The maximum atomic E-state index is 8.54. The minimum absolute atomic E-state index is 0.247. The normalized spacial score (nSPS) is 9.48. The highest BCUT2D eigenvalue weighted by Gasteiger charge is 2.23. The zero-order chi connectivity index (χ0) is 36.3. The van der Waals surface area contributed by atoms with Gasteiger partial charge in [-0.15, -0.1) is 0 Å². The molecular formula is C34H56N10S2. The van der Waals surface area contributed by atoms with Crippen molar-refractivity contribution in [2.24, 2.45) is 0 Å². The molecule has 0 aliphatic rings. The Morgan fingerprint density at radius 2 is 0.565 bits per heavy atom. The van der Waals surface area contributed by atoms with Gasteiger partial charge in [-0.3, -0.25) is 0 Å². The average molecular weight is 669 g/mol. The van der Waals surface area contributed by atoms with Crippen molar-refractivity contribution in [3.8, 4) is 24.3 Å². The topological polar surface area (TPSA) is 166 Å². The summed E-state index contributed by atoms with van der Waals surface area (Å²) in [6.07, 6.45) is 10.7. The average Bonchev–Trinajstić information content (AvgIpc) is 3.03. The van der Waals surface area contributed by atoms with Crippen molar-refractivity contribution in [2.45, 2.75) is 107 Å². The molecule has 0 bridgehead atoms. The van der Waals surface area contributed by atoms with Gasteiger partial charge in [0.05, 0.1) is 52.4 Å². The molecule has 10 nitrogen and oxygen atoms in total. The summed E-state index contributed by atoms with van der Waals surface area (Å²) in [5.41, 5.74) is -0.989. The van der Waals surface area contributed by atoms with E-state index in [0.717, 1.165) is 0 Å². The third-order valence-corrected chi connectivity index (χ3v) is 6.90. The smallest absolute Gasteiger partial charge is 0.178 e. The second kappa shape index (κ2) is 34.4.